The predicted octanol–water partition coefficient (Wildman–Crippen LogP) is 3.84. The molecule has 0 spiro atoms. The zero-order chi connectivity index (χ0) is 23.0. The van der Waals surface area contributed by atoms with Gasteiger partial charge in [-0.15, -0.1) is 0 Å². The van der Waals surface area contributed by atoms with E-state index in [2.05, 4.69) is 15.2 Å². The maximum absolute atomic E-state index is 12.9. The Morgan fingerprint density at radius 3 is 2.84 bits per heavy atom. The Morgan fingerprint density at radius 1 is 1.34 bits per heavy atom. The van der Waals surface area contributed by atoms with Gasteiger partial charge in [-0.1, -0.05) is 11.6 Å². The second-order valence-corrected chi connectivity index (χ2v) is 7.68. The van der Waals surface area contributed by atoms with Crippen molar-refractivity contribution in [1.29, 1.82) is 5.26 Å². The molecule has 1 aromatic carbocycles. The highest BCUT2D eigenvalue weighted by atomic mass is 35.5. The van der Waals surface area contributed by atoms with Crippen molar-refractivity contribution in [1.82, 2.24) is 24.6 Å². The number of hydrogen-bond acceptors (Lipinski definition) is 5. The Bertz CT molecular complexity index is 1230. The highest BCUT2D eigenvalue weighted by Gasteiger charge is 2.36. The molecule has 0 saturated carbocycles. The van der Waals surface area contributed by atoms with Crippen LogP contribution in [0.15, 0.2) is 24.4 Å². The summed E-state index contributed by atoms with van der Waals surface area (Å²) in [5, 5.41) is 16.3. The lowest BCUT2D eigenvalue weighted by atomic mass is 10.2. The number of aromatic amines is 1. The van der Waals surface area contributed by atoms with Crippen LogP contribution in [0.1, 0.15) is 28.5 Å². The van der Waals surface area contributed by atoms with E-state index in [1.54, 1.807) is 6.92 Å². The lowest BCUT2D eigenvalue weighted by molar-refractivity contribution is -0.141. The van der Waals surface area contributed by atoms with Gasteiger partial charge in [-0.2, -0.15) is 23.5 Å². The van der Waals surface area contributed by atoms with Gasteiger partial charge in [0.1, 0.15) is 17.3 Å². The molecule has 2 aromatic heterocycles. The first kappa shape index (κ1) is 21.7. The van der Waals surface area contributed by atoms with E-state index in [1.807, 2.05) is 6.07 Å². The van der Waals surface area contributed by atoms with Crippen LogP contribution in [0.3, 0.4) is 0 Å². The number of alkyl halides is 3. The first-order valence-electron chi connectivity index (χ1n) is 9.47. The van der Waals surface area contributed by atoms with Crippen LogP contribution in [0.25, 0.3) is 0 Å². The van der Waals surface area contributed by atoms with Gasteiger partial charge in [0, 0.05) is 24.3 Å². The third-order valence-electron chi connectivity index (χ3n) is 4.95. The molecule has 1 aliphatic rings. The zero-order valence-corrected chi connectivity index (χ0v) is 17.5. The monoisotopic (exact) mass is 464 g/mol. The van der Waals surface area contributed by atoms with E-state index in [0.717, 1.165) is 6.20 Å². The second-order valence-electron chi connectivity index (χ2n) is 7.24. The summed E-state index contributed by atoms with van der Waals surface area (Å²) in [6, 6.07) is 6.51. The molecule has 0 fully saturated rings. The molecule has 8 nitrogen and oxygen atoms in total. The lowest BCUT2D eigenvalue weighted by Gasteiger charge is -2.27. The second kappa shape index (κ2) is 8.20. The first-order chi connectivity index (χ1) is 15.1. The van der Waals surface area contributed by atoms with Gasteiger partial charge in [-0.05, 0) is 25.1 Å². The number of carbonyl (C=O) groups is 1. The standard InChI is InChI=1S/C20H16ClF3N6O2/c1-11-19(32-14-5-12(8-25)4-13(21)6-14)15(28-27-11)7-18(31)30-3-2-29-9-16(20(22,23)24)26-17(29)10-30/h4-6,9H,2-3,7,10H2,1H3,(H,27,28). The number of halogens is 4. The first-order valence-corrected chi connectivity index (χ1v) is 9.85. The fraction of sp³-hybridized carbons (Fsp3) is 0.300. The summed E-state index contributed by atoms with van der Waals surface area (Å²) in [6.07, 6.45) is -3.71. The van der Waals surface area contributed by atoms with Gasteiger partial charge < -0.3 is 14.2 Å². The van der Waals surface area contributed by atoms with Gasteiger partial charge in [0.05, 0.1) is 30.3 Å². The Labute approximate surface area is 185 Å². The van der Waals surface area contributed by atoms with Crippen LogP contribution >= 0.6 is 11.6 Å². The third kappa shape index (κ3) is 4.40. The number of aryl methyl sites for hydroxylation is 1. The maximum Gasteiger partial charge on any atom is 0.434 e. The number of amides is 1. The molecule has 0 aliphatic carbocycles. The van der Waals surface area contributed by atoms with Gasteiger partial charge in [0.25, 0.3) is 0 Å². The van der Waals surface area contributed by atoms with Crippen LogP contribution < -0.4 is 4.74 Å². The van der Waals surface area contributed by atoms with Gasteiger partial charge in [-0.3, -0.25) is 9.89 Å². The van der Waals surface area contributed by atoms with Crippen molar-refractivity contribution < 1.29 is 22.7 Å². The number of rotatable bonds is 4. The van der Waals surface area contributed by atoms with E-state index >= 15 is 0 Å². The smallest absolute Gasteiger partial charge is 0.434 e. The van der Waals surface area contributed by atoms with Gasteiger partial charge in [0.15, 0.2) is 11.4 Å². The maximum atomic E-state index is 12.9. The molecule has 0 saturated heterocycles. The van der Waals surface area contributed by atoms with Crippen LogP contribution in [0.2, 0.25) is 5.02 Å². The number of imidazole rings is 1. The summed E-state index contributed by atoms with van der Waals surface area (Å²) in [4.78, 5) is 17.9. The topological polar surface area (TPSA) is 99.8 Å². The summed E-state index contributed by atoms with van der Waals surface area (Å²) in [7, 11) is 0. The van der Waals surface area contributed by atoms with Crippen LogP contribution in [-0.4, -0.2) is 37.1 Å². The number of H-pyrrole nitrogens is 1. The number of nitriles is 1. The van der Waals surface area contributed by atoms with E-state index in [1.165, 1.54) is 27.7 Å². The zero-order valence-electron chi connectivity index (χ0n) is 16.7. The van der Waals surface area contributed by atoms with E-state index < -0.39 is 11.9 Å². The number of benzene rings is 1. The van der Waals surface area contributed by atoms with Crippen molar-refractivity contribution in [3.63, 3.8) is 0 Å². The average Bonchev–Trinajstić information content (AvgIpc) is 3.31. The summed E-state index contributed by atoms with van der Waals surface area (Å²) >= 11 is 6.01. The molecule has 1 amide bonds. The van der Waals surface area contributed by atoms with Crippen LogP contribution in [0.4, 0.5) is 13.2 Å². The largest absolute Gasteiger partial charge is 0.453 e. The van der Waals surface area contributed by atoms with E-state index in [-0.39, 0.29) is 37.8 Å². The Balaban J connectivity index is 1.50. The minimum atomic E-state index is -4.54. The van der Waals surface area contributed by atoms with Crippen molar-refractivity contribution in [3.05, 3.63) is 57.9 Å². The lowest BCUT2D eigenvalue weighted by Crippen LogP contribution is -2.39. The number of ether oxygens (including phenoxy) is 1. The average molecular weight is 465 g/mol. The number of fused-ring (bicyclic) bond motifs is 1. The van der Waals surface area contributed by atoms with E-state index in [4.69, 9.17) is 21.6 Å². The fourth-order valence-electron chi connectivity index (χ4n) is 3.39. The predicted molar refractivity (Wildman–Crippen MR) is 106 cm³/mol. The summed E-state index contributed by atoms with van der Waals surface area (Å²) < 4.78 is 46.0. The molecule has 3 heterocycles. The summed E-state index contributed by atoms with van der Waals surface area (Å²) in [5.41, 5.74) is 0.234. The molecule has 32 heavy (non-hydrogen) atoms. The van der Waals surface area contributed by atoms with Crippen LogP contribution in [-0.2, 0) is 30.5 Å². The molecular formula is C20H16ClF3N6O2. The Kier molecular flexibility index (Phi) is 5.56. The summed E-state index contributed by atoms with van der Waals surface area (Å²) in [6.45, 7) is 2.14. The molecule has 0 unspecified atom stereocenters. The number of nitrogens with zero attached hydrogens (tertiary/aromatic N) is 5. The SMILES string of the molecule is Cc1[nH]nc(CC(=O)N2CCn3cc(C(F)(F)F)nc3C2)c1Oc1cc(Cl)cc(C#N)c1. The minimum Gasteiger partial charge on any atom is -0.453 e. The van der Waals surface area contributed by atoms with Crippen molar-refractivity contribution in [2.45, 2.75) is 32.6 Å². The van der Waals surface area contributed by atoms with E-state index in [9.17, 15) is 18.0 Å². The van der Waals surface area contributed by atoms with Crippen molar-refractivity contribution >= 4 is 17.5 Å². The molecule has 4 rings (SSSR count). The minimum absolute atomic E-state index is 0.0334. The normalized spacial score (nSPS) is 13.6. The molecular weight excluding hydrogens is 449 g/mol. The van der Waals surface area contributed by atoms with Crippen molar-refractivity contribution in [2.75, 3.05) is 6.54 Å². The molecule has 0 atom stereocenters. The molecule has 166 valence electrons. The van der Waals surface area contributed by atoms with Crippen molar-refractivity contribution in [3.8, 4) is 17.6 Å². The van der Waals surface area contributed by atoms with Gasteiger partial charge >= 0.3 is 6.18 Å². The Hall–Kier alpha value is -3.52. The molecule has 1 N–H and O–H groups in total. The molecule has 0 radical (unpaired) electrons. The third-order valence-corrected chi connectivity index (χ3v) is 5.16. The van der Waals surface area contributed by atoms with Gasteiger partial charge in [-0.25, -0.2) is 4.98 Å². The highest BCUT2D eigenvalue weighted by Crippen LogP contribution is 2.32. The Morgan fingerprint density at radius 2 is 2.12 bits per heavy atom. The molecule has 1 aliphatic heterocycles. The number of nitrogens with one attached hydrogen (secondary N) is 1. The van der Waals surface area contributed by atoms with Crippen LogP contribution in [0.5, 0.6) is 11.5 Å². The molecule has 3 aromatic rings. The molecule has 0 bridgehead atoms. The van der Waals surface area contributed by atoms with Crippen LogP contribution in [0, 0.1) is 18.3 Å². The number of aromatic nitrogens is 4. The van der Waals surface area contributed by atoms with Gasteiger partial charge in [0.2, 0.25) is 5.91 Å². The highest BCUT2D eigenvalue weighted by molar-refractivity contribution is 6.30. The molecule has 12 heteroatoms. The van der Waals surface area contributed by atoms with Crippen molar-refractivity contribution in [2.24, 2.45) is 0 Å². The summed E-state index contributed by atoms with van der Waals surface area (Å²) in [5.74, 6) is 0.483. The van der Waals surface area contributed by atoms with E-state index in [0.29, 0.717) is 33.5 Å². The number of carbonyl (C=O) groups excluding carboxylic acids is 1. The quantitative estimate of drug-likeness (QED) is 0.632. The fourth-order valence-corrected chi connectivity index (χ4v) is 3.61. The number of hydrogen-bond donors (Lipinski definition) is 1.